The van der Waals surface area contributed by atoms with Gasteiger partial charge in [0.05, 0.1) is 6.20 Å². The largest absolute Gasteiger partial charge is 0.354 e. The van der Waals surface area contributed by atoms with E-state index in [2.05, 4.69) is 27.4 Å². The second kappa shape index (κ2) is 8.64. The topological polar surface area (TPSA) is 73.4 Å². The van der Waals surface area contributed by atoms with Crippen molar-refractivity contribution in [2.75, 3.05) is 41.8 Å². The fourth-order valence-corrected chi connectivity index (χ4v) is 5.03. The number of hydrogen-bond acceptors (Lipinski definition) is 6. The average molecular weight is 387 g/mol. The molecule has 7 nitrogen and oxygen atoms in total. The molecule has 154 valence electrons. The molecule has 1 amide bonds. The number of nitrogens with zero attached hydrogens (tertiary/aromatic N) is 4. The van der Waals surface area contributed by atoms with Gasteiger partial charge in [-0.3, -0.25) is 4.79 Å². The SMILES string of the molecule is CCC1C(=O)N(C)c2cnc(NCCC3CCNCC3)nc2N1C1CCCC1. The number of fused-ring (bicyclic) bond motifs is 1. The molecule has 28 heavy (non-hydrogen) atoms. The smallest absolute Gasteiger partial charge is 0.249 e. The normalized spacial score (nSPS) is 23.9. The minimum Gasteiger partial charge on any atom is -0.354 e. The van der Waals surface area contributed by atoms with E-state index in [0.29, 0.717) is 12.0 Å². The van der Waals surface area contributed by atoms with Crippen LogP contribution in [0, 0.1) is 5.92 Å². The molecule has 1 unspecified atom stereocenters. The molecule has 0 bridgehead atoms. The minimum absolute atomic E-state index is 0.113. The number of likely N-dealkylation sites (N-methyl/N-ethyl adjacent to an activating group) is 1. The van der Waals surface area contributed by atoms with Gasteiger partial charge in [-0.1, -0.05) is 19.8 Å². The average Bonchev–Trinajstić information content (AvgIpc) is 3.25. The van der Waals surface area contributed by atoms with Gasteiger partial charge in [0.25, 0.3) is 0 Å². The van der Waals surface area contributed by atoms with E-state index in [-0.39, 0.29) is 11.9 Å². The standard InChI is InChI=1S/C21H34N6O/c1-3-17-20(28)26(2)18-14-24-21(23-13-10-15-8-11-22-12-9-15)25-19(18)27(17)16-6-4-5-7-16/h14-17,22H,3-13H2,1-2H3,(H,23,24,25). The van der Waals surface area contributed by atoms with Gasteiger partial charge in [-0.25, -0.2) is 4.98 Å². The maximum Gasteiger partial charge on any atom is 0.249 e. The third kappa shape index (κ3) is 3.81. The molecule has 3 heterocycles. The number of nitrogens with one attached hydrogen (secondary N) is 2. The summed E-state index contributed by atoms with van der Waals surface area (Å²) in [6.07, 6.45) is 11.1. The molecule has 0 aromatic carbocycles. The number of rotatable bonds is 6. The van der Waals surface area contributed by atoms with Gasteiger partial charge in [0.1, 0.15) is 11.7 Å². The van der Waals surface area contributed by atoms with Crippen molar-refractivity contribution in [3.8, 4) is 0 Å². The fraction of sp³-hybridized carbons (Fsp3) is 0.762. The molecule has 4 rings (SSSR count). The van der Waals surface area contributed by atoms with E-state index in [0.717, 1.165) is 62.7 Å². The molecule has 0 radical (unpaired) electrons. The lowest BCUT2D eigenvalue weighted by atomic mass is 9.95. The van der Waals surface area contributed by atoms with Crippen LogP contribution in [-0.4, -0.2) is 54.6 Å². The number of carbonyl (C=O) groups is 1. The molecule has 2 fully saturated rings. The lowest BCUT2D eigenvalue weighted by Crippen LogP contribution is -2.55. The van der Waals surface area contributed by atoms with Crippen molar-refractivity contribution in [3.63, 3.8) is 0 Å². The van der Waals surface area contributed by atoms with Gasteiger partial charge in [0.2, 0.25) is 11.9 Å². The molecule has 1 aromatic heterocycles. The van der Waals surface area contributed by atoms with E-state index in [1.165, 1.54) is 25.7 Å². The third-order valence-corrected chi connectivity index (χ3v) is 6.71. The van der Waals surface area contributed by atoms with Crippen molar-refractivity contribution in [2.45, 2.75) is 70.4 Å². The van der Waals surface area contributed by atoms with Crippen molar-refractivity contribution in [3.05, 3.63) is 6.20 Å². The molecule has 1 aromatic rings. The van der Waals surface area contributed by atoms with Gasteiger partial charge in [-0.15, -0.1) is 0 Å². The van der Waals surface area contributed by atoms with E-state index in [4.69, 9.17) is 4.98 Å². The summed E-state index contributed by atoms with van der Waals surface area (Å²) in [5.41, 5.74) is 0.838. The lowest BCUT2D eigenvalue weighted by molar-refractivity contribution is -0.120. The number of piperidine rings is 1. The number of hydrogen-bond donors (Lipinski definition) is 2. The van der Waals surface area contributed by atoms with Crippen molar-refractivity contribution in [1.82, 2.24) is 15.3 Å². The quantitative estimate of drug-likeness (QED) is 0.783. The molecule has 3 aliphatic rings. The zero-order chi connectivity index (χ0) is 19.5. The molecule has 2 aliphatic heterocycles. The number of aromatic nitrogens is 2. The Morgan fingerprint density at radius 1 is 1.21 bits per heavy atom. The summed E-state index contributed by atoms with van der Waals surface area (Å²) in [4.78, 5) is 26.4. The molecule has 7 heteroatoms. The summed E-state index contributed by atoms with van der Waals surface area (Å²) in [6.45, 7) is 5.27. The molecule has 0 spiro atoms. The summed E-state index contributed by atoms with van der Waals surface area (Å²) in [6, 6.07) is 0.303. The van der Waals surface area contributed by atoms with Gasteiger partial charge in [0, 0.05) is 19.6 Å². The van der Waals surface area contributed by atoms with Crippen LogP contribution < -0.4 is 20.4 Å². The van der Waals surface area contributed by atoms with Crippen LogP contribution in [0.1, 0.15) is 58.3 Å². The zero-order valence-electron chi connectivity index (χ0n) is 17.3. The molecule has 1 saturated carbocycles. The van der Waals surface area contributed by atoms with Crippen LogP contribution >= 0.6 is 0 Å². The number of carbonyl (C=O) groups excluding carboxylic acids is 1. The summed E-state index contributed by atoms with van der Waals surface area (Å²) < 4.78 is 0. The van der Waals surface area contributed by atoms with Gasteiger partial charge in [-0.05, 0) is 57.5 Å². The Labute approximate surface area is 168 Å². The van der Waals surface area contributed by atoms with E-state index >= 15 is 0 Å². The van der Waals surface area contributed by atoms with Crippen LogP contribution in [0.3, 0.4) is 0 Å². The van der Waals surface area contributed by atoms with Crippen molar-refractivity contribution >= 4 is 23.4 Å². The Morgan fingerprint density at radius 3 is 2.68 bits per heavy atom. The van der Waals surface area contributed by atoms with Gasteiger partial charge in [-0.2, -0.15) is 4.98 Å². The molecule has 1 atom stereocenters. The van der Waals surface area contributed by atoms with Crippen molar-refractivity contribution < 1.29 is 4.79 Å². The molecule has 1 saturated heterocycles. The second-order valence-electron chi connectivity index (χ2n) is 8.48. The van der Waals surface area contributed by atoms with Crippen LogP contribution in [0.2, 0.25) is 0 Å². The lowest BCUT2D eigenvalue weighted by Gasteiger charge is -2.43. The highest BCUT2D eigenvalue weighted by molar-refractivity contribution is 6.04. The van der Waals surface area contributed by atoms with E-state index in [1.54, 1.807) is 4.90 Å². The summed E-state index contributed by atoms with van der Waals surface area (Å²) in [5.74, 6) is 2.57. The predicted molar refractivity (Wildman–Crippen MR) is 113 cm³/mol. The predicted octanol–water partition coefficient (Wildman–Crippen LogP) is 2.78. The first-order chi connectivity index (χ1) is 13.7. The maximum absolute atomic E-state index is 12.9. The van der Waals surface area contributed by atoms with Crippen molar-refractivity contribution in [2.24, 2.45) is 5.92 Å². The Morgan fingerprint density at radius 2 is 1.96 bits per heavy atom. The highest BCUT2D eigenvalue weighted by Gasteiger charge is 2.41. The highest BCUT2D eigenvalue weighted by Crippen LogP contribution is 2.39. The molecule has 2 N–H and O–H groups in total. The first-order valence-corrected chi connectivity index (χ1v) is 11.1. The number of amides is 1. The van der Waals surface area contributed by atoms with Crippen LogP contribution in [0.4, 0.5) is 17.5 Å². The highest BCUT2D eigenvalue weighted by atomic mass is 16.2. The molecular weight excluding hydrogens is 352 g/mol. The first-order valence-electron chi connectivity index (χ1n) is 11.1. The summed E-state index contributed by atoms with van der Waals surface area (Å²) >= 11 is 0. The van der Waals surface area contributed by atoms with E-state index in [9.17, 15) is 4.79 Å². The monoisotopic (exact) mass is 386 g/mol. The van der Waals surface area contributed by atoms with E-state index < -0.39 is 0 Å². The fourth-order valence-electron chi connectivity index (χ4n) is 5.03. The molecular formula is C21H34N6O. The Balaban J connectivity index is 1.52. The summed E-state index contributed by atoms with van der Waals surface area (Å²) in [7, 11) is 1.85. The first kappa shape index (κ1) is 19.4. The van der Waals surface area contributed by atoms with Gasteiger partial charge in [0.15, 0.2) is 5.82 Å². The van der Waals surface area contributed by atoms with Crippen LogP contribution in [-0.2, 0) is 4.79 Å². The molecule has 1 aliphatic carbocycles. The summed E-state index contributed by atoms with van der Waals surface area (Å²) in [5, 5.41) is 6.86. The maximum atomic E-state index is 12.9. The van der Waals surface area contributed by atoms with Crippen LogP contribution in [0.15, 0.2) is 6.20 Å². The Kier molecular flexibility index (Phi) is 5.99. The van der Waals surface area contributed by atoms with Crippen molar-refractivity contribution in [1.29, 1.82) is 0 Å². The zero-order valence-corrected chi connectivity index (χ0v) is 17.3. The Bertz CT molecular complexity index is 683. The van der Waals surface area contributed by atoms with E-state index in [1.807, 2.05) is 13.2 Å². The van der Waals surface area contributed by atoms with Crippen LogP contribution in [0.5, 0.6) is 0 Å². The second-order valence-corrected chi connectivity index (χ2v) is 8.48. The number of anilines is 3. The van der Waals surface area contributed by atoms with Gasteiger partial charge >= 0.3 is 0 Å². The minimum atomic E-state index is -0.113. The Hall–Kier alpha value is -1.89. The van der Waals surface area contributed by atoms with Gasteiger partial charge < -0.3 is 20.4 Å². The van der Waals surface area contributed by atoms with Crippen LogP contribution in [0.25, 0.3) is 0 Å². The third-order valence-electron chi connectivity index (χ3n) is 6.71.